The van der Waals surface area contributed by atoms with Crippen LogP contribution in [0.4, 0.5) is 0 Å². The fourth-order valence-electron chi connectivity index (χ4n) is 3.79. The topological polar surface area (TPSA) is 32.0 Å². The summed E-state index contributed by atoms with van der Waals surface area (Å²) in [7, 11) is 0. The molecule has 1 unspecified atom stereocenters. The van der Waals surface area contributed by atoms with E-state index in [2.05, 4.69) is 39.9 Å². The van der Waals surface area contributed by atoms with Gasteiger partial charge in [0.1, 0.15) is 0 Å². The molecule has 1 aliphatic rings. The first kappa shape index (κ1) is 18.8. The van der Waals surface area contributed by atoms with Crippen LogP contribution in [0.3, 0.4) is 0 Å². The Balaban J connectivity index is 0.00000196. The molecule has 0 spiro atoms. The van der Waals surface area contributed by atoms with Crippen LogP contribution in [0.25, 0.3) is 10.9 Å². The van der Waals surface area contributed by atoms with Crippen LogP contribution in [0.1, 0.15) is 17.5 Å². The quantitative estimate of drug-likeness (QED) is 0.624. The highest BCUT2D eigenvalue weighted by Crippen LogP contribution is 2.24. The first-order valence-corrected chi connectivity index (χ1v) is 9.05. The van der Waals surface area contributed by atoms with Gasteiger partial charge < -0.3 is 4.57 Å². The highest BCUT2D eigenvalue weighted by molar-refractivity contribution is 6.30. The molecular weight excluding hydrogens is 365 g/mol. The maximum absolute atomic E-state index is 9.13. The molecule has 2 heterocycles. The summed E-state index contributed by atoms with van der Waals surface area (Å²) < 4.78 is 2.30. The van der Waals surface area contributed by atoms with Gasteiger partial charge in [-0.05, 0) is 60.2 Å². The van der Waals surface area contributed by atoms with Gasteiger partial charge in [0.2, 0.25) is 0 Å². The van der Waals surface area contributed by atoms with E-state index >= 15 is 0 Å². The Hall–Kier alpha value is -1.99. The third kappa shape index (κ3) is 4.04. The van der Waals surface area contributed by atoms with Crippen molar-refractivity contribution in [1.82, 2.24) is 9.47 Å². The van der Waals surface area contributed by atoms with Gasteiger partial charge in [-0.2, -0.15) is 5.26 Å². The molecule has 3 aromatic rings. The lowest BCUT2D eigenvalue weighted by Gasteiger charge is -2.17. The van der Waals surface area contributed by atoms with Crippen molar-refractivity contribution in [2.75, 3.05) is 13.1 Å². The first-order valence-electron chi connectivity index (χ1n) is 8.67. The fourth-order valence-corrected chi connectivity index (χ4v) is 4.00. The first-order chi connectivity index (χ1) is 12.2. The summed E-state index contributed by atoms with van der Waals surface area (Å²) in [6, 6.07) is 18.4. The number of aromatic nitrogens is 1. The highest BCUT2D eigenvalue weighted by atomic mass is 35.5. The van der Waals surface area contributed by atoms with Crippen LogP contribution in [0.15, 0.2) is 54.7 Å². The average Bonchev–Trinajstić information content (AvgIpc) is 3.22. The molecule has 1 aromatic heterocycles. The summed E-state index contributed by atoms with van der Waals surface area (Å²) in [5, 5.41) is 11.1. The van der Waals surface area contributed by atoms with Crippen LogP contribution in [0, 0.1) is 17.2 Å². The third-order valence-electron chi connectivity index (χ3n) is 5.02. The molecule has 0 amide bonds. The zero-order valence-corrected chi connectivity index (χ0v) is 16.0. The Kier molecular flexibility index (Phi) is 5.88. The summed E-state index contributed by atoms with van der Waals surface area (Å²) in [4.78, 5) is 2.50. The summed E-state index contributed by atoms with van der Waals surface area (Å²) in [6.45, 7) is 4.19. The summed E-state index contributed by atoms with van der Waals surface area (Å²) in [6.07, 6.45) is 3.35. The van der Waals surface area contributed by atoms with Crippen LogP contribution >= 0.6 is 24.0 Å². The molecular formula is C21H21Cl2N3. The molecule has 1 saturated heterocycles. The lowest BCUT2D eigenvalue weighted by molar-refractivity contribution is 0.310. The summed E-state index contributed by atoms with van der Waals surface area (Å²) in [5.41, 5.74) is 3.16. The fraction of sp³-hybridized carbons (Fsp3) is 0.286. The largest absolute Gasteiger partial charge is 0.347 e. The molecule has 4 rings (SSSR count). The molecule has 0 aliphatic carbocycles. The normalized spacial score (nSPS) is 17.2. The van der Waals surface area contributed by atoms with Crippen LogP contribution in [0.2, 0.25) is 5.02 Å². The van der Waals surface area contributed by atoms with Crippen molar-refractivity contribution in [2.24, 2.45) is 5.92 Å². The van der Waals surface area contributed by atoms with Gasteiger partial charge in [-0.25, -0.2) is 0 Å². The van der Waals surface area contributed by atoms with E-state index in [4.69, 9.17) is 16.9 Å². The van der Waals surface area contributed by atoms with Gasteiger partial charge in [0.05, 0.1) is 11.6 Å². The van der Waals surface area contributed by atoms with Gasteiger partial charge in [-0.15, -0.1) is 12.4 Å². The molecule has 0 N–H and O–H groups in total. The molecule has 5 heteroatoms. The maximum Gasteiger partial charge on any atom is 0.0992 e. The number of nitrogens with zero attached hydrogens (tertiary/aromatic N) is 3. The number of likely N-dealkylation sites (tertiary alicyclic amines) is 1. The van der Waals surface area contributed by atoms with Gasteiger partial charge in [-0.3, -0.25) is 4.90 Å². The molecule has 1 atom stereocenters. The Bertz CT molecular complexity index is 942. The molecule has 0 bridgehead atoms. The van der Waals surface area contributed by atoms with Gasteiger partial charge in [0.15, 0.2) is 0 Å². The second-order valence-electron chi connectivity index (χ2n) is 6.87. The highest BCUT2D eigenvalue weighted by Gasteiger charge is 2.23. The number of nitriles is 1. The minimum absolute atomic E-state index is 0. The smallest absolute Gasteiger partial charge is 0.0992 e. The lowest BCUT2D eigenvalue weighted by Crippen LogP contribution is -2.21. The Morgan fingerprint density at radius 3 is 2.85 bits per heavy atom. The van der Waals surface area contributed by atoms with E-state index in [1.165, 1.54) is 17.4 Å². The van der Waals surface area contributed by atoms with E-state index in [0.717, 1.165) is 42.3 Å². The van der Waals surface area contributed by atoms with E-state index < -0.39 is 0 Å². The maximum atomic E-state index is 9.13. The Morgan fingerprint density at radius 1 is 1.15 bits per heavy atom. The number of halogens is 2. The van der Waals surface area contributed by atoms with Crippen LogP contribution < -0.4 is 0 Å². The predicted octanol–water partition coefficient (Wildman–Crippen LogP) is 5.11. The van der Waals surface area contributed by atoms with Crippen molar-refractivity contribution in [1.29, 1.82) is 5.26 Å². The van der Waals surface area contributed by atoms with Gasteiger partial charge >= 0.3 is 0 Å². The molecule has 1 aliphatic heterocycles. The minimum atomic E-state index is 0. The van der Waals surface area contributed by atoms with Gasteiger partial charge in [0.25, 0.3) is 0 Å². The molecule has 0 radical (unpaired) electrons. The van der Waals surface area contributed by atoms with Crippen LogP contribution in [-0.2, 0) is 13.1 Å². The van der Waals surface area contributed by atoms with Crippen molar-refractivity contribution in [3.8, 4) is 6.07 Å². The number of hydrogen-bond donors (Lipinski definition) is 0. The Morgan fingerprint density at radius 2 is 2.04 bits per heavy atom. The van der Waals surface area contributed by atoms with Gasteiger partial charge in [0, 0.05) is 36.4 Å². The van der Waals surface area contributed by atoms with E-state index in [1.54, 1.807) is 0 Å². The van der Waals surface area contributed by atoms with Crippen molar-refractivity contribution in [2.45, 2.75) is 19.5 Å². The van der Waals surface area contributed by atoms with Crippen molar-refractivity contribution in [3.05, 3.63) is 70.9 Å². The molecule has 3 nitrogen and oxygen atoms in total. The number of rotatable bonds is 4. The predicted molar refractivity (Wildman–Crippen MR) is 109 cm³/mol. The van der Waals surface area contributed by atoms with Crippen molar-refractivity contribution >= 4 is 34.9 Å². The standard InChI is InChI=1S/C21H20ClN3.ClH/c22-20-3-1-2-17(10-20)13-24-8-6-18(14-24)15-25-9-7-19-5-4-16(12-23)11-21(19)25;/h1-5,7,9-11,18H,6,8,13-15H2;1H. The summed E-state index contributed by atoms with van der Waals surface area (Å²) >= 11 is 6.09. The zero-order chi connectivity index (χ0) is 17.2. The summed E-state index contributed by atoms with van der Waals surface area (Å²) in [5.74, 6) is 0.639. The average molecular weight is 386 g/mol. The molecule has 1 fully saturated rings. The second-order valence-corrected chi connectivity index (χ2v) is 7.31. The molecule has 2 aromatic carbocycles. The number of benzene rings is 2. The third-order valence-corrected chi connectivity index (χ3v) is 5.26. The van der Waals surface area contributed by atoms with Crippen LogP contribution in [-0.4, -0.2) is 22.6 Å². The van der Waals surface area contributed by atoms with E-state index in [9.17, 15) is 0 Å². The SMILES string of the molecule is Cl.N#Cc1ccc2ccn(CC3CCN(Cc4cccc(Cl)c4)C3)c2c1. The van der Waals surface area contributed by atoms with Crippen molar-refractivity contribution in [3.63, 3.8) is 0 Å². The van der Waals surface area contributed by atoms with E-state index in [-0.39, 0.29) is 12.4 Å². The second kappa shape index (κ2) is 8.14. The molecule has 134 valence electrons. The number of hydrogen-bond acceptors (Lipinski definition) is 2. The molecule has 0 saturated carbocycles. The number of fused-ring (bicyclic) bond motifs is 1. The zero-order valence-electron chi connectivity index (χ0n) is 14.4. The Labute approximate surface area is 165 Å². The van der Waals surface area contributed by atoms with E-state index in [0.29, 0.717) is 5.92 Å². The monoisotopic (exact) mass is 385 g/mol. The van der Waals surface area contributed by atoms with Crippen molar-refractivity contribution < 1.29 is 0 Å². The lowest BCUT2D eigenvalue weighted by atomic mass is 10.1. The van der Waals surface area contributed by atoms with Crippen LogP contribution in [0.5, 0.6) is 0 Å². The molecule has 26 heavy (non-hydrogen) atoms. The van der Waals surface area contributed by atoms with Gasteiger partial charge in [-0.1, -0.05) is 29.8 Å². The minimum Gasteiger partial charge on any atom is -0.347 e. The van der Waals surface area contributed by atoms with E-state index in [1.807, 2.05) is 30.3 Å².